The van der Waals surface area contributed by atoms with Gasteiger partial charge in [0.15, 0.2) is 0 Å². The average Bonchev–Trinajstić information content (AvgIpc) is 2.15. The van der Waals surface area contributed by atoms with Gasteiger partial charge in [0.2, 0.25) is 11.8 Å². The molecule has 0 radical (unpaired) electrons. The van der Waals surface area contributed by atoms with Gasteiger partial charge in [-0.2, -0.15) is 0 Å². The Morgan fingerprint density at radius 3 is 2.29 bits per heavy atom. The fourth-order valence-corrected chi connectivity index (χ4v) is 1.19. The smallest absolute Gasteiger partial charge is 0.222 e. The molecule has 14 heavy (non-hydrogen) atoms. The summed E-state index contributed by atoms with van der Waals surface area (Å²) in [7, 11) is 0. The highest BCUT2D eigenvalue weighted by atomic mass is 16.2. The summed E-state index contributed by atoms with van der Waals surface area (Å²) in [6.07, 6.45) is 2.75. The third kappa shape index (κ3) is 5.56. The Bertz CT molecular complexity index is 193. The lowest BCUT2D eigenvalue weighted by Crippen LogP contribution is -2.33. The van der Waals surface area contributed by atoms with Crippen molar-refractivity contribution in [2.75, 3.05) is 13.1 Å². The highest BCUT2D eigenvalue weighted by Gasteiger charge is 2.11. The molecule has 0 aliphatic heterocycles. The number of primary amides is 1. The van der Waals surface area contributed by atoms with E-state index in [1.165, 1.54) is 0 Å². The molecule has 82 valence electrons. The highest BCUT2D eigenvalue weighted by molar-refractivity contribution is 5.78. The van der Waals surface area contributed by atoms with Crippen LogP contribution in [0.1, 0.15) is 39.5 Å². The largest absolute Gasteiger partial charge is 0.370 e. The molecule has 0 heterocycles. The Kier molecular flexibility index (Phi) is 6.80. The van der Waals surface area contributed by atoms with Gasteiger partial charge in [-0.1, -0.05) is 13.3 Å². The van der Waals surface area contributed by atoms with E-state index in [1.807, 2.05) is 13.8 Å². The van der Waals surface area contributed by atoms with E-state index in [9.17, 15) is 9.59 Å². The standard InChI is InChI=1S/C10H20N2O2/c1-3-5-6-10(14)12(4-2)8-7-9(11)13/h3-8H2,1-2H3,(H2,11,13). The molecule has 0 aliphatic rings. The molecule has 4 heteroatoms. The van der Waals surface area contributed by atoms with Crippen LogP contribution in [0.15, 0.2) is 0 Å². The first-order chi connectivity index (χ1) is 6.61. The number of carbonyl (C=O) groups is 2. The first-order valence-electron chi connectivity index (χ1n) is 5.17. The van der Waals surface area contributed by atoms with Crippen LogP contribution < -0.4 is 5.73 Å². The quantitative estimate of drug-likeness (QED) is 0.663. The summed E-state index contributed by atoms with van der Waals surface area (Å²) in [4.78, 5) is 23.7. The van der Waals surface area contributed by atoms with E-state index < -0.39 is 0 Å². The Labute approximate surface area is 85.4 Å². The molecular weight excluding hydrogens is 180 g/mol. The number of rotatable bonds is 7. The molecule has 0 aliphatic carbocycles. The molecule has 0 saturated carbocycles. The minimum absolute atomic E-state index is 0.121. The summed E-state index contributed by atoms with van der Waals surface area (Å²) in [6.45, 7) is 5.06. The van der Waals surface area contributed by atoms with Crippen LogP contribution in [0.2, 0.25) is 0 Å². The van der Waals surface area contributed by atoms with Crippen molar-refractivity contribution in [2.45, 2.75) is 39.5 Å². The van der Waals surface area contributed by atoms with Crippen LogP contribution >= 0.6 is 0 Å². The van der Waals surface area contributed by atoms with Crippen molar-refractivity contribution in [2.24, 2.45) is 5.73 Å². The van der Waals surface area contributed by atoms with Crippen LogP contribution in [0, 0.1) is 0 Å². The molecule has 0 fully saturated rings. The number of carbonyl (C=O) groups excluding carboxylic acids is 2. The molecule has 0 aromatic carbocycles. The lowest BCUT2D eigenvalue weighted by Gasteiger charge is -2.19. The molecule has 0 aromatic rings. The number of hydrogen-bond acceptors (Lipinski definition) is 2. The van der Waals surface area contributed by atoms with Gasteiger partial charge in [-0.3, -0.25) is 9.59 Å². The maximum absolute atomic E-state index is 11.5. The Hall–Kier alpha value is -1.06. The van der Waals surface area contributed by atoms with Crippen molar-refractivity contribution in [1.82, 2.24) is 4.90 Å². The van der Waals surface area contributed by atoms with E-state index in [-0.39, 0.29) is 18.2 Å². The van der Waals surface area contributed by atoms with Gasteiger partial charge in [0.25, 0.3) is 0 Å². The topological polar surface area (TPSA) is 63.4 Å². The monoisotopic (exact) mass is 200 g/mol. The predicted octanol–water partition coefficient (Wildman–Crippen LogP) is 0.901. The van der Waals surface area contributed by atoms with Crippen molar-refractivity contribution in [3.8, 4) is 0 Å². The van der Waals surface area contributed by atoms with Gasteiger partial charge in [-0.25, -0.2) is 0 Å². The molecule has 0 atom stereocenters. The molecule has 0 saturated heterocycles. The van der Waals surface area contributed by atoms with Crippen molar-refractivity contribution < 1.29 is 9.59 Å². The van der Waals surface area contributed by atoms with Gasteiger partial charge in [0.1, 0.15) is 0 Å². The second kappa shape index (κ2) is 7.35. The van der Waals surface area contributed by atoms with Crippen molar-refractivity contribution >= 4 is 11.8 Å². The van der Waals surface area contributed by atoms with Crippen LogP contribution in [0.4, 0.5) is 0 Å². The lowest BCUT2D eigenvalue weighted by atomic mass is 10.2. The molecule has 4 nitrogen and oxygen atoms in total. The Balaban J connectivity index is 3.86. The third-order valence-electron chi connectivity index (χ3n) is 2.11. The molecule has 0 spiro atoms. The zero-order chi connectivity index (χ0) is 11.0. The maximum Gasteiger partial charge on any atom is 0.222 e. The minimum atomic E-state index is -0.355. The first-order valence-corrected chi connectivity index (χ1v) is 5.17. The molecule has 0 rings (SSSR count). The second-order valence-corrected chi connectivity index (χ2v) is 3.29. The van der Waals surface area contributed by atoms with Crippen molar-refractivity contribution in [3.63, 3.8) is 0 Å². The van der Waals surface area contributed by atoms with Gasteiger partial charge < -0.3 is 10.6 Å². The molecular formula is C10H20N2O2. The summed E-state index contributed by atoms with van der Waals surface area (Å²) in [5.74, 6) is -0.234. The number of hydrogen-bond donors (Lipinski definition) is 1. The summed E-state index contributed by atoms with van der Waals surface area (Å²) in [6, 6.07) is 0. The molecule has 0 aromatic heterocycles. The number of unbranched alkanes of at least 4 members (excludes halogenated alkanes) is 1. The minimum Gasteiger partial charge on any atom is -0.370 e. The van der Waals surface area contributed by atoms with Crippen molar-refractivity contribution in [1.29, 1.82) is 0 Å². The number of nitrogens with two attached hydrogens (primary N) is 1. The zero-order valence-corrected chi connectivity index (χ0v) is 9.08. The fourth-order valence-electron chi connectivity index (χ4n) is 1.19. The summed E-state index contributed by atoms with van der Waals surface area (Å²) >= 11 is 0. The number of amides is 2. The predicted molar refractivity (Wildman–Crippen MR) is 55.6 cm³/mol. The van der Waals surface area contributed by atoms with Gasteiger partial charge >= 0.3 is 0 Å². The third-order valence-corrected chi connectivity index (χ3v) is 2.11. The van der Waals surface area contributed by atoms with Crippen molar-refractivity contribution in [3.05, 3.63) is 0 Å². The van der Waals surface area contributed by atoms with E-state index in [4.69, 9.17) is 5.73 Å². The van der Waals surface area contributed by atoms with Crippen LogP contribution in [-0.2, 0) is 9.59 Å². The average molecular weight is 200 g/mol. The molecule has 0 bridgehead atoms. The van der Waals surface area contributed by atoms with Gasteiger partial charge in [0.05, 0.1) is 0 Å². The van der Waals surface area contributed by atoms with E-state index in [0.29, 0.717) is 19.5 Å². The summed E-state index contributed by atoms with van der Waals surface area (Å²) in [5.41, 5.74) is 5.02. The summed E-state index contributed by atoms with van der Waals surface area (Å²) < 4.78 is 0. The number of nitrogens with zero attached hydrogens (tertiary/aromatic N) is 1. The maximum atomic E-state index is 11.5. The zero-order valence-electron chi connectivity index (χ0n) is 9.08. The SMILES string of the molecule is CCCCC(=O)N(CC)CCC(N)=O. The summed E-state index contributed by atoms with van der Waals surface area (Å²) in [5, 5.41) is 0. The van der Waals surface area contributed by atoms with Crippen LogP contribution in [0.25, 0.3) is 0 Å². The fraction of sp³-hybridized carbons (Fsp3) is 0.800. The molecule has 2 amide bonds. The second-order valence-electron chi connectivity index (χ2n) is 3.29. The Morgan fingerprint density at radius 2 is 1.86 bits per heavy atom. The van der Waals surface area contributed by atoms with Gasteiger partial charge in [-0.05, 0) is 13.3 Å². The van der Waals surface area contributed by atoms with E-state index in [2.05, 4.69) is 0 Å². The van der Waals surface area contributed by atoms with E-state index in [0.717, 1.165) is 12.8 Å². The first kappa shape index (κ1) is 12.9. The molecule has 2 N–H and O–H groups in total. The van der Waals surface area contributed by atoms with Crippen LogP contribution in [-0.4, -0.2) is 29.8 Å². The highest BCUT2D eigenvalue weighted by Crippen LogP contribution is 2.01. The van der Waals surface area contributed by atoms with Crippen LogP contribution in [0.3, 0.4) is 0 Å². The lowest BCUT2D eigenvalue weighted by molar-refractivity contribution is -0.131. The van der Waals surface area contributed by atoms with Crippen LogP contribution in [0.5, 0.6) is 0 Å². The molecule has 0 unspecified atom stereocenters. The van der Waals surface area contributed by atoms with Gasteiger partial charge in [0, 0.05) is 25.9 Å². The van der Waals surface area contributed by atoms with E-state index >= 15 is 0 Å². The van der Waals surface area contributed by atoms with E-state index in [1.54, 1.807) is 4.90 Å². The normalized spacial score (nSPS) is 9.86. The van der Waals surface area contributed by atoms with Gasteiger partial charge in [-0.15, -0.1) is 0 Å². The Morgan fingerprint density at radius 1 is 1.21 bits per heavy atom.